The molecule has 3 aromatic carbocycles. The Morgan fingerprint density at radius 1 is 0.949 bits per heavy atom. The average molecular weight is 808 g/mol. The smallest absolute Gasteiger partial charge is 0.338 e. The molecule has 5 atom stereocenters. The van der Waals surface area contributed by atoms with Crippen molar-refractivity contribution in [3.63, 3.8) is 0 Å². The summed E-state index contributed by atoms with van der Waals surface area (Å²) in [7, 11) is 3.32. The first-order chi connectivity index (χ1) is 28.2. The number of hydrogen-bond acceptors (Lipinski definition) is 10. The maximum absolute atomic E-state index is 14.5. The van der Waals surface area contributed by atoms with Gasteiger partial charge in [0.15, 0.2) is 0 Å². The van der Waals surface area contributed by atoms with Crippen molar-refractivity contribution in [3.05, 3.63) is 125 Å². The van der Waals surface area contributed by atoms with Crippen LogP contribution in [-0.2, 0) is 43.9 Å². The summed E-state index contributed by atoms with van der Waals surface area (Å²) < 4.78 is 25.3. The molecule has 0 bridgehead atoms. The van der Waals surface area contributed by atoms with Crippen molar-refractivity contribution in [3.8, 4) is 0 Å². The van der Waals surface area contributed by atoms with Gasteiger partial charge in [-0.2, -0.15) is 0 Å². The first-order valence-electron chi connectivity index (χ1n) is 20.0. The lowest BCUT2D eigenvalue weighted by atomic mass is 9.91. The predicted octanol–water partition coefficient (Wildman–Crippen LogP) is 4.92. The van der Waals surface area contributed by atoms with Gasteiger partial charge in [-0.25, -0.2) is 4.79 Å². The van der Waals surface area contributed by atoms with E-state index in [1.807, 2.05) is 60.7 Å². The van der Waals surface area contributed by atoms with Crippen molar-refractivity contribution < 1.29 is 48.0 Å². The molecular weight excluding hydrogens is 755 g/mol. The molecule has 0 radical (unpaired) electrons. The van der Waals surface area contributed by atoms with Crippen molar-refractivity contribution in [1.82, 2.24) is 15.1 Å². The third-order valence-electron chi connectivity index (χ3n) is 10.4. The summed E-state index contributed by atoms with van der Waals surface area (Å²) in [5, 5.41) is 12.9. The Morgan fingerprint density at radius 3 is 2.19 bits per heavy atom. The van der Waals surface area contributed by atoms with Crippen LogP contribution in [0.25, 0.3) is 6.08 Å². The fourth-order valence-corrected chi connectivity index (χ4v) is 7.49. The van der Waals surface area contributed by atoms with Gasteiger partial charge < -0.3 is 39.2 Å². The summed E-state index contributed by atoms with van der Waals surface area (Å²) in [5.41, 5.74) is 2.04. The topological polar surface area (TPSA) is 161 Å². The molecule has 312 valence electrons. The molecule has 13 nitrogen and oxygen atoms in total. The molecule has 3 aromatic rings. The number of likely N-dealkylation sites (N-methyl/N-ethyl adjacent to an activating group) is 1. The summed E-state index contributed by atoms with van der Waals surface area (Å²) >= 11 is 0. The Hall–Kier alpha value is -5.63. The van der Waals surface area contributed by atoms with Crippen LogP contribution in [0.15, 0.2) is 103 Å². The van der Waals surface area contributed by atoms with Crippen molar-refractivity contribution >= 4 is 35.7 Å². The fraction of sp³-hybridized carbons (Fsp3) is 0.413. The van der Waals surface area contributed by atoms with E-state index in [-0.39, 0.29) is 30.7 Å². The minimum absolute atomic E-state index is 0.000137. The quantitative estimate of drug-likeness (QED) is 0.179. The van der Waals surface area contributed by atoms with Crippen molar-refractivity contribution in [1.29, 1.82) is 0 Å². The van der Waals surface area contributed by atoms with Crippen LogP contribution >= 0.6 is 0 Å². The number of amides is 3. The van der Waals surface area contributed by atoms with Gasteiger partial charge in [0.05, 0.1) is 18.2 Å². The second-order valence-electron chi connectivity index (χ2n) is 16.2. The van der Waals surface area contributed by atoms with Gasteiger partial charge in [0, 0.05) is 56.3 Å². The van der Waals surface area contributed by atoms with Crippen molar-refractivity contribution in [2.45, 2.75) is 94.7 Å². The number of nitrogens with one attached hydrogen (secondary N) is 1. The molecule has 3 aliphatic rings. The third-order valence-corrected chi connectivity index (χ3v) is 10.4. The highest BCUT2D eigenvalue weighted by Crippen LogP contribution is 2.47. The van der Waals surface area contributed by atoms with Gasteiger partial charge in [-0.1, -0.05) is 72.8 Å². The van der Waals surface area contributed by atoms with Gasteiger partial charge in [-0.05, 0) is 69.9 Å². The van der Waals surface area contributed by atoms with E-state index < -0.39 is 72.1 Å². The SMILES string of the molecule is CN(C)C(=O)C=Cc1ccc(C(=O)OC2CC(C(=O)N3CCCC3C(=O)NC(CO)CCC(=O)OC(C)(C)C)=CC3OC(c4ccccc4)(c4ccccc4)OC32)cc1. The van der Waals surface area contributed by atoms with Gasteiger partial charge in [0.25, 0.3) is 0 Å². The molecular formula is C46H53N3O10. The van der Waals surface area contributed by atoms with Gasteiger partial charge in [-0.15, -0.1) is 0 Å². The highest BCUT2D eigenvalue weighted by molar-refractivity contribution is 5.98. The van der Waals surface area contributed by atoms with E-state index in [2.05, 4.69) is 5.32 Å². The monoisotopic (exact) mass is 807 g/mol. The molecule has 2 N–H and O–H groups in total. The summed E-state index contributed by atoms with van der Waals surface area (Å²) in [4.78, 5) is 69.3. The highest BCUT2D eigenvalue weighted by atomic mass is 16.8. The maximum atomic E-state index is 14.5. The van der Waals surface area contributed by atoms with Crippen LogP contribution < -0.4 is 5.32 Å². The predicted molar refractivity (Wildman–Crippen MR) is 218 cm³/mol. The number of benzene rings is 3. The van der Waals surface area contributed by atoms with Crippen LogP contribution in [0.4, 0.5) is 0 Å². The summed E-state index contributed by atoms with van der Waals surface area (Å²) in [6, 6.07) is 23.9. The van der Waals surface area contributed by atoms with E-state index in [0.29, 0.717) is 41.6 Å². The van der Waals surface area contributed by atoms with Gasteiger partial charge in [-0.3, -0.25) is 19.2 Å². The molecule has 1 aliphatic carbocycles. The molecule has 2 heterocycles. The average Bonchev–Trinajstić information content (AvgIpc) is 3.88. The van der Waals surface area contributed by atoms with Crippen molar-refractivity contribution in [2.24, 2.45) is 0 Å². The number of carbonyl (C=O) groups excluding carboxylic acids is 5. The van der Waals surface area contributed by atoms with Crippen LogP contribution in [0.3, 0.4) is 0 Å². The molecule has 0 spiro atoms. The number of ether oxygens (including phenoxy) is 4. The zero-order valence-corrected chi connectivity index (χ0v) is 34.2. The molecule has 3 amide bonds. The van der Waals surface area contributed by atoms with Gasteiger partial charge in [0.1, 0.15) is 30.0 Å². The first kappa shape index (κ1) is 43.0. The number of aliphatic hydroxyl groups excluding tert-OH is 1. The molecule has 2 fully saturated rings. The summed E-state index contributed by atoms with van der Waals surface area (Å²) in [6.07, 6.45) is 3.32. The number of esters is 2. The minimum Gasteiger partial charge on any atom is -0.460 e. The van der Waals surface area contributed by atoms with E-state index in [4.69, 9.17) is 18.9 Å². The number of carbonyl (C=O) groups is 5. The van der Waals surface area contributed by atoms with E-state index in [1.54, 1.807) is 71.3 Å². The molecule has 0 aromatic heterocycles. The van der Waals surface area contributed by atoms with E-state index in [9.17, 15) is 29.1 Å². The Kier molecular flexibility index (Phi) is 13.5. The number of aliphatic hydroxyl groups is 1. The van der Waals surface area contributed by atoms with Crippen LogP contribution in [0.5, 0.6) is 0 Å². The maximum Gasteiger partial charge on any atom is 0.338 e. The second-order valence-corrected chi connectivity index (χ2v) is 16.2. The van der Waals surface area contributed by atoms with E-state index >= 15 is 0 Å². The molecule has 2 saturated heterocycles. The normalized spacial score (nSPS) is 21.6. The van der Waals surface area contributed by atoms with Gasteiger partial charge >= 0.3 is 11.9 Å². The fourth-order valence-electron chi connectivity index (χ4n) is 7.49. The lowest BCUT2D eigenvalue weighted by molar-refractivity contribution is -0.157. The molecule has 5 unspecified atom stereocenters. The van der Waals surface area contributed by atoms with Crippen LogP contribution in [0.2, 0.25) is 0 Å². The zero-order valence-electron chi connectivity index (χ0n) is 34.2. The second kappa shape index (κ2) is 18.5. The molecule has 13 heteroatoms. The summed E-state index contributed by atoms with van der Waals surface area (Å²) in [6.45, 7) is 5.21. The Labute approximate surface area is 344 Å². The minimum atomic E-state index is -1.40. The van der Waals surface area contributed by atoms with Crippen molar-refractivity contribution in [2.75, 3.05) is 27.2 Å². The molecule has 59 heavy (non-hydrogen) atoms. The third kappa shape index (κ3) is 10.3. The van der Waals surface area contributed by atoms with Crippen LogP contribution in [0.1, 0.15) is 79.9 Å². The lowest BCUT2D eigenvalue weighted by Crippen LogP contribution is -2.51. The number of rotatable bonds is 13. The molecule has 0 saturated carbocycles. The Bertz CT molecular complexity index is 2000. The van der Waals surface area contributed by atoms with Gasteiger partial charge in [0.2, 0.25) is 23.5 Å². The number of fused-ring (bicyclic) bond motifs is 1. The van der Waals surface area contributed by atoms with Crippen LogP contribution in [-0.4, -0.2) is 108 Å². The standard InChI is InChI=1S/C46H53N3O10/c1-45(2,3)58-40(52)25-23-35(29-50)47-42(53)36-17-12-26-49(36)43(54)32-27-37(56-44(55)31-21-18-30(19-22-31)20-24-39(51)48(4)5)41-38(28-32)57-46(59-41,33-13-8-6-9-14-33)34-15-10-7-11-16-34/h6-11,13-16,18-22,24,28,35-38,41,50H,12,17,23,25-27,29H2,1-5H3,(H,47,53). The Morgan fingerprint density at radius 2 is 1.59 bits per heavy atom. The highest BCUT2D eigenvalue weighted by Gasteiger charge is 2.55. The summed E-state index contributed by atoms with van der Waals surface area (Å²) in [5.74, 6) is -3.49. The lowest BCUT2D eigenvalue weighted by Gasteiger charge is -2.33. The number of nitrogens with zero attached hydrogens (tertiary/aromatic N) is 2. The van der Waals surface area contributed by atoms with E-state index in [0.717, 1.165) is 0 Å². The first-order valence-corrected chi connectivity index (χ1v) is 20.0. The van der Waals surface area contributed by atoms with Crippen LogP contribution in [0, 0.1) is 0 Å². The zero-order chi connectivity index (χ0) is 42.3. The van der Waals surface area contributed by atoms with E-state index in [1.165, 1.54) is 15.9 Å². The Balaban J connectivity index is 1.25. The molecule has 6 rings (SSSR count). The largest absolute Gasteiger partial charge is 0.460 e. The number of hydrogen-bond donors (Lipinski definition) is 2. The molecule has 2 aliphatic heterocycles. The number of likely N-dealkylation sites (tertiary alicyclic amines) is 1.